The molecule has 0 spiro atoms. The second-order valence-corrected chi connectivity index (χ2v) is 5.64. The minimum atomic E-state index is 0.458. The van der Waals surface area contributed by atoms with Crippen LogP contribution in [-0.2, 0) is 0 Å². The van der Waals surface area contributed by atoms with Crippen molar-refractivity contribution in [3.63, 3.8) is 0 Å². The number of thiocarbonyl (C=S) groups is 1. The fourth-order valence-electron chi connectivity index (χ4n) is 1.88. The average molecular weight is 325 g/mol. The van der Waals surface area contributed by atoms with Gasteiger partial charge in [0.25, 0.3) is 0 Å². The summed E-state index contributed by atoms with van der Waals surface area (Å²) in [6, 6.07) is 11.5. The van der Waals surface area contributed by atoms with Crippen molar-refractivity contribution in [2.45, 2.75) is 13.8 Å². The molecule has 0 aliphatic rings. The molecule has 0 saturated heterocycles. The van der Waals surface area contributed by atoms with Gasteiger partial charge in [-0.2, -0.15) is 0 Å². The molecule has 2 aromatic rings. The standard InChI is InChI=1S/C15H14Cl2N2S/c1-9-5-3-6-10(2)14(9)19-15(20)18-12-8-4-7-11(16)13(12)17/h3-8H,1-2H3,(H2,18,19,20). The van der Waals surface area contributed by atoms with Gasteiger partial charge in [-0.25, -0.2) is 0 Å². The van der Waals surface area contributed by atoms with E-state index in [2.05, 4.69) is 10.6 Å². The lowest BCUT2D eigenvalue weighted by Gasteiger charge is -2.15. The smallest absolute Gasteiger partial charge is 0.175 e. The van der Waals surface area contributed by atoms with E-state index in [-0.39, 0.29) is 0 Å². The molecule has 20 heavy (non-hydrogen) atoms. The Balaban J connectivity index is 2.16. The van der Waals surface area contributed by atoms with Crippen LogP contribution in [0.1, 0.15) is 11.1 Å². The molecule has 0 saturated carbocycles. The minimum Gasteiger partial charge on any atom is -0.332 e. The Morgan fingerprint density at radius 1 is 0.950 bits per heavy atom. The fourth-order valence-corrected chi connectivity index (χ4v) is 2.44. The summed E-state index contributed by atoms with van der Waals surface area (Å²) in [6.07, 6.45) is 0. The summed E-state index contributed by atoms with van der Waals surface area (Å²) in [5, 5.41) is 7.68. The Kier molecular flexibility index (Phi) is 4.86. The van der Waals surface area contributed by atoms with Gasteiger partial charge in [0, 0.05) is 5.69 Å². The number of hydrogen-bond acceptors (Lipinski definition) is 1. The molecule has 0 aromatic heterocycles. The number of benzene rings is 2. The van der Waals surface area contributed by atoms with E-state index in [0.29, 0.717) is 20.8 Å². The maximum Gasteiger partial charge on any atom is 0.175 e. The maximum absolute atomic E-state index is 6.12. The number of aryl methyl sites for hydroxylation is 2. The summed E-state index contributed by atoms with van der Waals surface area (Å²) in [5.41, 5.74) is 3.95. The van der Waals surface area contributed by atoms with E-state index in [1.807, 2.05) is 44.2 Å². The molecular formula is C15H14Cl2N2S. The predicted molar refractivity (Wildman–Crippen MR) is 92.2 cm³/mol. The van der Waals surface area contributed by atoms with Crippen LogP contribution in [0.25, 0.3) is 0 Å². The summed E-state index contributed by atoms with van der Waals surface area (Å²) < 4.78 is 0. The molecule has 2 nitrogen and oxygen atoms in total. The van der Waals surface area contributed by atoms with E-state index < -0.39 is 0 Å². The van der Waals surface area contributed by atoms with Gasteiger partial charge in [0.2, 0.25) is 0 Å². The van der Waals surface area contributed by atoms with E-state index in [1.54, 1.807) is 6.07 Å². The summed E-state index contributed by atoms with van der Waals surface area (Å²) in [6.45, 7) is 4.06. The van der Waals surface area contributed by atoms with Crippen molar-refractivity contribution in [3.8, 4) is 0 Å². The third-order valence-electron chi connectivity index (χ3n) is 2.92. The first-order valence-electron chi connectivity index (χ1n) is 6.07. The molecule has 0 fully saturated rings. The molecule has 2 rings (SSSR count). The lowest BCUT2D eigenvalue weighted by atomic mass is 10.1. The van der Waals surface area contributed by atoms with Crippen LogP contribution in [0.5, 0.6) is 0 Å². The second kappa shape index (κ2) is 6.44. The minimum absolute atomic E-state index is 0.458. The third-order valence-corrected chi connectivity index (χ3v) is 3.94. The summed E-state index contributed by atoms with van der Waals surface area (Å²) in [4.78, 5) is 0. The second-order valence-electron chi connectivity index (χ2n) is 4.45. The van der Waals surface area contributed by atoms with Crippen molar-refractivity contribution in [1.29, 1.82) is 0 Å². The van der Waals surface area contributed by atoms with E-state index >= 15 is 0 Å². The van der Waals surface area contributed by atoms with Gasteiger partial charge in [-0.1, -0.05) is 47.5 Å². The van der Waals surface area contributed by atoms with Crippen LogP contribution in [0.2, 0.25) is 10.0 Å². The van der Waals surface area contributed by atoms with Crippen molar-refractivity contribution in [3.05, 3.63) is 57.6 Å². The molecule has 0 heterocycles. The molecule has 2 aromatic carbocycles. The highest BCUT2D eigenvalue weighted by atomic mass is 35.5. The van der Waals surface area contributed by atoms with Crippen LogP contribution < -0.4 is 10.6 Å². The number of anilines is 2. The molecule has 0 atom stereocenters. The molecule has 0 radical (unpaired) electrons. The highest BCUT2D eigenvalue weighted by Gasteiger charge is 2.08. The SMILES string of the molecule is Cc1cccc(C)c1NC(=S)Nc1cccc(Cl)c1Cl. The molecule has 5 heteroatoms. The largest absolute Gasteiger partial charge is 0.332 e. The number of halogens is 2. The van der Waals surface area contributed by atoms with Crippen LogP contribution >= 0.6 is 35.4 Å². The van der Waals surface area contributed by atoms with Crippen LogP contribution in [0, 0.1) is 13.8 Å². The lowest BCUT2D eigenvalue weighted by Crippen LogP contribution is -2.20. The monoisotopic (exact) mass is 324 g/mol. The molecule has 0 amide bonds. The number of para-hydroxylation sites is 1. The first-order chi connectivity index (χ1) is 9.49. The summed E-state index contributed by atoms with van der Waals surface area (Å²) >= 11 is 17.4. The number of rotatable bonds is 2. The van der Waals surface area contributed by atoms with E-state index in [0.717, 1.165) is 16.8 Å². The Bertz CT molecular complexity index is 636. The van der Waals surface area contributed by atoms with Crippen LogP contribution in [0.3, 0.4) is 0 Å². The zero-order chi connectivity index (χ0) is 14.7. The zero-order valence-electron chi connectivity index (χ0n) is 11.1. The van der Waals surface area contributed by atoms with Gasteiger partial charge in [-0.05, 0) is 49.3 Å². The van der Waals surface area contributed by atoms with Gasteiger partial charge >= 0.3 is 0 Å². The van der Waals surface area contributed by atoms with Crippen molar-refractivity contribution in [1.82, 2.24) is 0 Å². The van der Waals surface area contributed by atoms with Gasteiger partial charge in [-0.15, -0.1) is 0 Å². The van der Waals surface area contributed by atoms with Crippen LogP contribution in [0.15, 0.2) is 36.4 Å². The number of nitrogens with one attached hydrogen (secondary N) is 2. The zero-order valence-corrected chi connectivity index (χ0v) is 13.5. The molecule has 0 bridgehead atoms. The summed E-state index contributed by atoms with van der Waals surface area (Å²) in [5.74, 6) is 0. The molecular weight excluding hydrogens is 311 g/mol. The van der Waals surface area contributed by atoms with Gasteiger partial charge in [-0.3, -0.25) is 0 Å². The number of hydrogen-bond donors (Lipinski definition) is 2. The van der Waals surface area contributed by atoms with Crippen LogP contribution in [-0.4, -0.2) is 5.11 Å². The molecule has 0 aliphatic heterocycles. The Hall–Kier alpha value is -1.29. The van der Waals surface area contributed by atoms with Crippen molar-refractivity contribution >= 4 is 51.9 Å². The Labute approximate surface area is 134 Å². The normalized spacial score (nSPS) is 10.2. The highest BCUT2D eigenvalue weighted by Crippen LogP contribution is 2.29. The van der Waals surface area contributed by atoms with Crippen molar-refractivity contribution < 1.29 is 0 Å². The molecule has 0 aliphatic carbocycles. The predicted octanol–water partition coefficient (Wildman–Crippen LogP) is 5.42. The van der Waals surface area contributed by atoms with Gasteiger partial charge in [0.15, 0.2) is 5.11 Å². The first kappa shape index (κ1) is 15.1. The van der Waals surface area contributed by atoms with Crippen LogP contribution in [0.4, 0.5) is 11.4 Å². The molecule has 0 unspecified atom stereocenters. The van der Waals surface area contributed by atoms with Gasteiger partial charge in [0.1, 0.15) is 0 Å². The van der Waals surface area contributed by atoms with E-state index in [4.69, 9.17) is 35.4 Å². The quantitative estimate of drug-likeness (QED) is 0.721. The van der Waals surface area contributed by atoms with Gasteiger partial charge in [0.05, 0.1) is 15.7 Å². The highest BCUT2D eigenvalue weighted by molar-refractivity contribution is 7.80. The third kappa shape index (κ3) is 3.42. The average Bonchev–Trinajstić information content (AvgIpc) is 2.39. The Morgan fingerprint density at radius 3 is 2.20 bits per heavy atom. The van der Waals surface area contributed by atoms with E-state index in [1.165, 1.54) is 0 Å². The topological polar surface area (TPSA) is 24.1 Å². The lowest BCUT2D eigenvalue weighted by molar-refractivity contribution is 1.37. The van der Waals surface area contributed by atoms with Crippen molar-refractivity contribution in [2.24, 2.45) is 0 Å². The molecule has 2 N–H and O–H groups in total. The van der Waals surface area contributed by atoms with Gasteiger partial charge < -0.3 is 10.6 Å². The summed E-state index contributed by atoms with van der Waals surface area (Å²) in [7, 11) is 0. The fraction of sp³-hybridized carbons (Fsp3) is 0.133. The van der Waals surface area contributed by atoms with E-state index in [9.17, 15) is 0 Å². The maximum atomic E-state index is 6.12. The Morgan fingerprint density at radius 2 is 1.55 bits per heavy atom. The van der Waals surface area contributed by atoms with Crippen molar-refractivity contribution in [2.75, 3.05) is 10.6 Å². The molecule has 104 valence electrons. The first-order valence-corrected chi connectivity index (χ1v) is 7.23.